The average molecular weight is 432 g/mol. The monoisotopic (exact) mass is 432 g/mol. The van der Waals surface area contributed by atoms with Crippen LogP contribution in [0.1, 0.15) is 17.8 Å². The first kappa shape index (κ1) is 21.2. The summed E-state index contributed by atoms with van der Waals surface area (Å²) in [6, 6.07) is 19.3. The van der Waals surface area contributed by atoms with Gasteiger partial charge in [0.05, 0.1) is 5.92 Å². The molecule has 9 nitrogen and oxygen atoms in total. The van der Waals surface area contributed by atoms with Gasteiger partial charge in [0.2, 0.25) is 17.8 Å². The molecule has 9 heteroatoms. The molecule has 1 amide bonds. The maximum Gasteiger partial charge on any atom is 0.311 e. The minimum atomic E-state index is -0.501. The summed E-state index contributed by atoms with van der Waals surface area (Å²) < 4.78 is 5.38. The summed E-state index contributed by atoms with van der Waals surface area (Å²) in [5, 5.41) is 3.03. The van der Waals surface area contributed by atoms with Crippen molar-refractivity contribution in [1.82, 2.24) is 19.9 Å². The number of esters is 1. The maximum absolute atomic E-state index is 12.5. The van der Waals surface area contributed by atoms with Crippen molar-refractivity contribution in [2.75, 3.05) is 24.1 Å². The third-order valence-corrected chi connectivity index (χ3v) is 5.13. The van der Waals surface area contributed by atoms with Gasteiger partial charge in [-0.2, -0.15) is 15.0 Å². The number of hydrogen-bond acceptors (Lipinski definition) is 8. The molecule has 164 valence electrons. The summed E-state index contributed by atoms with van der Waals surface area (Å²) >= 11 is 0. The van der Waals surface area contributed by atoms with Crippen LogP contribution >= 0.6 is 0 Å². The summed E-state index contributed by atoms with van der Waals surface area (Å²) in [5.41, 5.74) is 7.71. The molecule has 3 N–H and O–H groups in total. The minimum absolute atomic E-state index is 0.0209. The predicted octanol–water partition coefficient (Wildman–Crippen LogP) is 2.33. The zero-order valence-corrected chi connectivity index (χ0v) is 17.5. The standard InChI is InChI=1S/C23H24N6O3/c24-22-26-19(27-23(28-22)25-18-9-5-2-6-10-18)15-32-21(31)17-13-20(30)29(14-17)12-11-16-7-3-1-4-8-16/h1-10,17H,11-15H2,(H3,24,25,26,27,28)/t17-/m0/s1. The first-order valence-electron chi connectivity index (χ1n) is 10.4. The van der Waals surface area contributed by atoms with Crippen LogP contribution in [0.15, 0.2) is 60.7 Å². The molecule has 1 aliphatic rings. The molecule has 0 radical (unpaired) electrons. The summed E-state index contributed by atoms with van der Waals surface area (Å²) in [5.74, 6) is -0.474. The Labute approximate surface area is 185 Å². The molecule has 3 aromatic rings. The molecule has 2 aromatic carbocycles. The smallest absolute Gasteiger partial charge is 0.311 e. The molecule has 0 saturated carbocycles. The lowest BCUT2D eigenvalue weighted by atomic mass is 10.1. The van der Waals surface area contributed by atoms with Crippen LogP contribution in [0.4, 0.5) is 17.6 Å². The Morgan fingerprint density at radius 1 is 1.06 bits per heavy atom. The van der Waals surface area contributed by atoms with E-state index in [9.17, 15) is 9.59 Å². The number of nitrogens with zero attached hydrogens (tertiary/aromatic N) is 4. The largest absolute Gasteiger partial charge is 0.457 e. The number of hydrogen-bond donors (Lipinski definition) is 2. The third-order valence-electron chi connectivity index (χ3n) is 5.13. The fourth-order valence-electron chi connectivity index (χ4n) is 3.52. The minimum Gasteiger partial charge on any atom is -0.457 e. The third kappa shape index (κ3) is 5.57. The molecular weight excluding hydrogens is 408 g/mol. The van der Waals surface area contributed by atoms with Crippen LogP contribution in [0.5, 0.6) is 0 Å². The van der Waals surface area contributed by atoms with Crippen LogP contribution in [0.25, 0.3) is 0 Å². The molecule has 1 fully saturated rings. The molecule has 2 heterocycles. The summed E-state index contributed by atoms with van der Waals surface area (Å²) in [4.78, 5) is 38.9. The summed E-state index contributed by atoms with van der Waals surface area (Å²) in [6.45, 7) is 0.777. The highest BCUT2D eigenvalue weighted by Crippen LogP contribution is 2.20. The van der Waals surface area contributed by atoms with Crippen LogP contribution in [-0.4, -0.2) is 44.8 Å². The molecule has 0 unspecified atom stereocenters. The lowest BCUT2D eigenvalue weighted by Gasteiger charge is -2.16. The van der Waals surface area contributed by atoms with E-state index in [0.717, 1.165) is 17.7 Å². The van der Waals surface area contributed by atoms with Gasteiger partial charge in [-0.05, 0) is 24.1 Å². The molecule has 1 saturated heterocycles. The predicted molar refractivity (Wildman–Crippen MR) is 119 cm³/mol. The number of anilines is 3. The fourth-order valence-corrected chi connectivity index (χ4v) is 3.52. The van der Waals surface area contributed by atoms with Gasteiger partial charge in [-0.3, -0.25) is 9.59 Å². The van der Waals surface area contributed by atoms with E-state index in [1.54, 1.807) is 4.90 Å². The van der Waals surface area contributed by atoms with E-state index in [0.29, 0.717) is 13.1 Å². The van der Waals surface area contributed by atoms with Gasteiger partial charge in [0.25, 0.3) is 0 Å². The van der Waals surface area contributed by atoms with Crippen LogP contribution in [0, 0.1) is 5.92 Å². The first-order valence-corrected chi connectivity index (χ1v) is 10.4. The van der Waals surface area contributed by atoms with Gasteiger partial charge in [0.1, 0.15) is 0 Å². The van der Waals surface area contributed by atoms with Crippen molar-refractivity contribution in [2.24, 2.45) is 5.92 Å². The van der Waals surface area contributed by atoms with Crippen molar-refractivity contribution in [3.63, 3.8) is 0 Å². The molecule has 1 aromatic heterocycles. The van der Waals surface area contributed by atoms with E-state index in [4.69, 9.17) is 10.5 Å². The molecule has 0 spiro atoms. The van der Waals surface area contributed by atoms with Crippen molar-refractivity contribution < 1.29 is 14.3 Å². The molecule has 0 bridgehead atoms. The second kappa shape index (κ2) is 9.86. The Kier molecular flexibility index (Phi) is 6.54. The van der Waals surface area contributed by atoms with E-state index in [2.05, 4.69) is 20.3 Å². The lowest BCUT2D eigenvalue weighted by Crippen LogP contribution is -2.29. The van der Waals surface area contributed by atoms with Crippen molar-refractivity contribution in [3.8, 4) is 0 Å². The van der Waals surface area contributed by atoms with Gasteiger partial charge >= 0.3 is 5.97 Å². The second-order valence-electron chi connectivity index (χ2n) is 7.51. The van der Waals surface area contributed by atoms with Gasteiger partial charge in [0.15, 0.2) is 12.4 Å². The summed E-state index contributed by atoms with van der Waals surface area (Å²) in [6.07, 6.45) is 0.892. The average Bonchev–Trinajstić information content (AvgIpc) is 3.18. The fraction of sp³-hybridized carbons (Fsp3) is 0.261. The van der Waals surface area contributed by atoms with E-state index >= 15 is 0 Å². The Morgan fingerprint density at radius 3 is 2.53 bits per heavy atom. The lowest BCUT2D eigenvalue weighted by molar-refractivity contribution is -0.150. The number of amides is 1. The van der Waals surface area contributed by atoms with E-state index in [1.165, 1.54) is 0 Å². The SMILES string of the molecule is Nc1nc(COC(=O)[C@H]2CC(=O)N(CCc3ccccc3)C2)nc(Nc2ccccc2)n1. The highest BCUT2D eigenvalue weighted by Gasteiger charge is 2.35. The number of benzene rings is 2. The molecule has 1 atom stereocenters. The quantitative estimate of drug-likeness (QED) is 0.520. The number of carbonyl (C=O) groups excluding carboxylic acids is 2. The zero-order valence-electron chi connectivity index (χ0n) is 17.5. The van der Waals surface area contributed by atoms with Gasteiger partial charge in [-0.1, -0.05) is 48.5 Å². The van der Waals surface area contributed by atoms with Gasteiger partial charge in [-0.15, -0.1) is 0 Å². The molecule has 1 aliphatic heterocycles. The Hall–Kier alpha value is -4.01. The van der Waals surface area contributed by atoms with Crippen LogP contribution in [0.3, 0.4) is 0 Å². The molecular formula is C23H24N6O3. The molecule has 32 heavy (non-hydrogen) atoms. The molecule has 4 rings (SSSR count). The van der Waals surface area contributed by atoms with Gasteiger partial charge in [0, 0.05) is 25.2 Å². The number of rotatable bonds is 8. The number of aromatic nitrogens is 3. The maximum atomic E-state index is 12.5. The Bertz CT molecular complexity index is 1080. The van der Waals surface area contributed by atoms with Crippen molar-refractivity contribution in [1.29, 1.82) is 0 Å². The van der Waals surface area contributed by atoms with Crippen LogP contribution < -0.4 is 11.1 Å². The number of carbonyl (C=O) groups is 2. The molecule has 0 aliphatic carbocycles. The normalized spacial score (nSPS) is 15.6. The van der Waals surface area contributed by atoms with Gasteiger partial charge < -0.3 is 20.7 Å². The van der Waals surface area contributed by atoms with Gasteiger partial charge in [-0.25, -0.2) is 0 Å². The number of nitrogen functional groups attached to an aromatic ring is 1. The highest BCUT2D eigenvalue weighted by atomic mass is 16.5. The Balaban J connectivity index is 1.30. The highest BCUT2D eigenvalue weighted by molar-refractivity contribution is 5.86. The topological polar surface area (TPSA) is 123 Å². The van der Waals surface area contributed by atoms with Crippen LogP contribution in [-0.2, 0) is 27.4 Å². The number of likely N-dealkylation sites (tertiary alicyclic amines) is 1. The number of para-hydroxylation sites is 1. The van der Waals surface area contributed by atoms with Crippen molar-refractivity contribution >= 4 is 29.5 Å². The van der Waals surface area contributed by atoms with E-state index in [-0.39, 0.29) is 36.7 Å². The number of nitrogens with two attached hydrogens (primary N) is 1. The van der Waals surface area contributed by atoms with Crippen molar-refractivity contribution in [3.05, 3.63) is 72.1 Å². The van der Waals surface area contributed by atoms with E-state index < -0.39 is 11.9 Å². The summed E-state index contributed by atoms with van der Waals surface area (Å²) in [7, 11) is 0. The Morgan fingerprint density at radius 2 is 1.78 bits per heavy atom. The first-order chi connectivity index (χ1) is 15.6. The number of ether oxygens (including phenoxy) is 1. The number of nitrogens with one attached hydrogen (secondary N) is 1. The van der Waals surface area contributed by atoms with Crippen LogP contribution in [0.2, 0.25) is 0 Å². The zero-order chi connectivity index (χ0) is 22.3. The van der Waals surface area contributed by atoms with E-state index in [1.807, 2.05) is 60.7 Å². The van der Waals surface area contributed by atoms with Crippen molar-refractivity contribution in [2.45, 2.75) is 19.4 Å². The second-order valence-corrected chi connectivity index (χ2v) is 7.51.